The normalized spacial score (nSPS) is 11.8. The lowest BCUT2D eigenvalue weighted by Gasteiger charge is -2.14. The Kier molecular flexibility index (Phi) is 4.93. The van der Waals surface area contributed by atoms with Gasteiger partial charge in [-0.1, -0.05) is 109 Å². The summed E-state index contributed by atoms with van der Waals surface area (Å²) in [7, 11) is 0. The number of nitrogens with zero attached hydrogens (tertiary/aromatic N) is 2. The van der Waals surface area contributed by atoms with E-state index in [0.717, 1.165) is 11.4 Å². The van der Waals surface area contributed by atoms with Crippen LogP contribution in [0.4, 0.5) is 0 Å². The van der Waals surface area contributed by atoms with Crippen LogP contribution in [0.2, 0.25) is 0 Å². The van der Waals surface area contributed by atoms with Crippen molar-refractivity contribution < 1.29 is 0 Å². The van der Waals surface area contributed by atoms with Gasteiger partial charge in [-0.2, -0.15) is 0 Å². The van der Waals surface area contributed by atoms with Crippen LogP contribution in [0.25, 0.3) is 76.8 Å². The molecule has 0 saturated carbocycles. The summed E-state index contributed by atoms with van der Waals surface area (Å²) in [5.41, 5.74) is 8.50. The van der Waals surface area contributed by atoms with E-state index in [1.165, 1.54) is 65.4 Å². The molecule has 0 bridgehead atoms. The first-order valence-electron chi connectivity index (χ1n) is 14.5. The molecule has 2 nitrogen and oxygen atoms in total. The van der Waals surface area contributed by atoms with Gasteiger partial charge in [-0.05, 0) is 75.1 Å². The average molecular weight is 535 g/mol. The summed E-state index contributed by atoms with van der Waals surface area (Å²) >= 11 is 0. The summed E-state index contributed by atoms with van der Waals surface area (Å²) < 4.78 is 4.76. The molecule has 42 heavy (non-hydrogen) atoms. The van der Waals surface area contributed by atoms with Crippen LogP contribution >= 0.6 is 0 Å². The standard InChI is InChI=1S/C40H26N2/c1-2-12-31(13-3-1)41-25-24-28-20-23-36-35-16-8-9-17-37(35)42(40(36)39(28)41)32-21-18-27(19-22-32)38-33-14-6-4-10-29(33)26-30-11-5-7-15-34(30)38/h1-26H. The third-order valence-corrected chi connectivity index (χ3v) is 8.71. The zero-order chi connectivity index (χ0) is 27.6. The Morgan fingerprint density at radius 1 is 0.381 bits per heavy atom. The summed E-state index contributed by atoms with van der Waals surface area (Å²) in [4.78, 5) is 0. The van der Waals surface area contributed by atoms with Gasteiger partial charge in [0.15, 0.2) is 0 Å². The van der Waals surface area contributed by atoms with Crippen LogP contribution < -0.4 is 0 Å². The molecule has 0 spiro atoms. The third kappa shape index (κ3) is 3.33. The second-order valence-electron chi connectivity index (χ2n) is 11.0. The van der Waals surface area contributed by atoms with Crippen LogP contribution in [0, 0.1) is 0 Å². The van der Waals surface area contributed by atoms with Crippen LogP contribution in [-0.2, 0) is 0 Å². The van der Waals surface area contributed by atoms with Crippen LogP contribution in [0.3, 0.4) is 0 Å². The summed E-state index contributed by atoms with van der Waals surface area (Å²) in [6.45, 7) is 0. The molecule has 2 aromatic heterocycles. The molecular formula is C40H26N2. The van der Waals surface area contributed by atoms with E-state index < -0.39 is 0 Å². The Morgan fingerprint density at radius 3 is 1.76 bits per heavy atom. The molecule has 0 atom stereocenters. The van der Waals surface area contributed by atoms with Crippen molar-refractivity contribution >= 4 is 54.3 Å². The highest BCUT2D eigenvalue weighted by Crippen LogP contribution is 2.40. The number of hydrogen-bond acceptors (Lipinski definition) is 0. The molecule has 0 N–H and O–H groups in total. The lowest BCUT2D eigenvalue weighted by atomic mass is 9.92. The molecule has 0 aliphatic rings. The first kappa shape index (κ1) is 23.1. The molecule has 7 aromatic carbocycles. The molecule has 0 fully saturated rings. The Balaban J connectivity index is 1.32. The van der Waals surface area contributed by atoms with Gasteiger partial charge in [-0.3, -0.25) is 0 Å². The quantitative estimate of drug-likeness (QED) is 0.200. The molecule has 196 valence electrons. The number of hydrogen-bond donors (Lipinski definition) is 0. The van der Waals surface area contributed by atoms with Gasteiger partial charge >= 0.3 is 0 Å². The highest BCUT2D eigenvalue weighted by Gasteiger charge is 2.18. The second kappa shape index (κ2) is 8.95. The smallest absolute Gasteiger partial charge is 0.0788 e. The van der Waals surface area contributed by atoms with Gasteiger partial charge in [-0.15, -0.1) is 0 Å². The van der Waals surface area contributed by atoms with E-state index >= 15 is 0 Å². The fraction of sp³-hybridized carbons (Fsp3) is 0. The fourth-order valence-electron chi connectivity index (χ4n) is 6.85. The minimum absolute atomic E-state index is 1.16. The van der Waals surface area contributed by atoms with Crippen LogP contribution in [-0.4, -0.2) is 9.13 Å². The summed E-state index contributed by atoms with van der Waals surface area (Å²) in [6, 6.07) is 55.0. The first-order valence-corrected chi connectivity index (χ1v) is 14.5. The fourth-order valence-corrected chi connectivity index (χ4v) is 6.85. The van der Waals surface area contributed by atoms with Gasteiger partial charge in [0.05, 0.1) is 16.6 Å². The summed E-state index contributed by atoms with van der Waals surface area (Å²) in [5.74, 6) is 0. The average Bonchev–Trinajstić information content (AvgIpc) is 3.64. The van der Waals surface area contributed by atoms with Gasteiger partial charge in [0.1, 0.15) is 0 Å². The molecule has 0 aliphatic carbocycles. The Bertz CT molecular complexity index is 2390. The van der Waals surface area contributed by atoms with Gasteiger partial charge in [0.2, 0.25) is 0 Å². The predicted molar refractivity (Wildman–Crippen MR) is 178 cm³/mol. The maximum atomic E-state index is 2.44. The van der Waals surface area contributed by atoms with Crippen LogP contribution in [0.5, 0.6) is 0 Å². The molecule has 0 unspecified atom stereocenters. The SMILES string of the molecule is c1ccc(-n2ccc3ccc4c5ccccc5n(-c5ccc(-c6c7ccccc7cc7ccccc67)cc5)c4c32)cc1. The van der Waals surface area contributed by atoms with Crippen molar-refractivity contribution in [1.29, 1.82) is 0 Å². The van der Waals surface area contributed by atoms with Gasteiger partial charge in [0.25, 0.3) is 0 Å². The molecule has 0 saturated heterocycles. The van der Waals surface area contributed by atoms with E-state index in [1.807, 2.05) is 0 Å². The Hall–Kier alpha value is -5.60. The van der Waals surface area contributed by atoms with Crippen molar-refractivity contribution in [2.45, 2.75) is 0 Å². The molecule has 2 heteroatoms. The third-order valence-electron chi connectivity index (χ3n) is 8.71. The molecular weight excluding hydrogens is 508 g/mol. The number of rotatable bonds is 3. The van der Waals surface area contributed by atoms with Crippen molar-refractivity contribution in [3.63, 3.8) is 0 Å². The largest absolute Gasteiger partial charge is 0.315 e. The van der Waals surface area contributed by atoms with Crippen molar-refractivity contribution in [2.75, 3.05) is 0 Å². The lowest BCUT2D eigenvalue weighted by molar-refractivity contribution is 1.12. The second-order valence-corrected chi connectivity index (χ2v) is 11.0. The van der Waals surface area contributed by atoms with E-state index in [0.29, 0.717) is 0 Å². The minimum atomic E-state index is 1.16. The van der Waals surface area contributed by atoms with Crippen molar-refractivity contribution in [2.24, 2.45) is 0 Å². The molecule has 0 aliphatic heterocycles. The first-order chi connectivity index (χ1) is 20.8. The molecule has 0 amide bonds. The summed E-state index contributed by atoms with van der Waals surface area (Å²) in [5, 5.41) is 8.85. The van der Waals surface area contributed by atoms with Crippen LogP contribution in [0.15, 0.2) is 158 Å². The van der Waals surface area contributed by atoms with Crippen molar-refractivity contribution in [3.05, 3.63) is 158 Å². The minimum Gasteiger partial charge on any atom is -0.315 e. The number of fused-ring (bicyclic) bond motifs is 7. The number of para-hydroxylation sites is 2. The van der Waals surface area contributed by atoms with E-state index in [-0.39, 0.29) is 0 Å². The molecule has 0 radical (unpaired) electrons. The van der Waals surface area contributed by atoms with Gasteiger partial charge in [0, 0.05) is 33.7 Å². The lowest BCUT2D eigenvalue weighted by Crippen LogP contribution is -1.98. The van der Waals surface area contributed by atoms with Crippen molar-refractivity contribution in [1.82, 2.24) is 9.13 Å². The number of benzene rings is 7. The monoisotopic (exact) mass is 534 g/mol. The van der Waals surface area contributed by atoms with Gasteiger partial charge < -0.3 is 9.13 Å². The highest BCUT2D eigenvalue weighted by molar-refractivity contribution is 6.18. The highest BCUT2D eigenvalue weighted by atomic mass is 15.0. The molecule has 9 rings (SSSR count). The van der Waals surface area contributed by atoms with Crippen molar-refractivity contribution in [3.8, 4) is 22.5 Å². The van der Waals surface area contributed by atoms with E-state index in [2.05, 4.69) is 167 Å². The maximum Gasteiger partial charge on any atom is 0.0788 e. The Labute approximate surface area is 243 Å². The summed E-state index contributed by atoms with van der Waals surface area (Å²) in [6.07, 6.45) is 2.19. The van der Waals surface area contributed by atoms with E-state index in [9.17, 15) is 0 Å². The van der Waals surface area contributed by atoms with E-state index in [1.54, 1.807) is 0 Å². The Morgan fingerprint density at radius 2 is 1.02 bits per heavy atom. The van der Waals surface area contributed by atoms with Crippen LogP contribution in [0.1, 0.15) is 0 Å². The predicted octanol–water partition coefficient (Wildman–Crippen LogP) is 10.7. The van der Waals surface area contributed by atoms with E-state index in [4.69, 9.17) is 0 Å². The zero-order valence-corrected chi connectivity index (χ0v) is 22.9. The maximum absolute atomic E-state index is 2.44. The number of aromatic nitrogens is 2. The van der Waals surface area contributed by atoms with Gasteiger partial charge in [-0.25, -0.2) is 0 Å². The topological polar surface area (TPSA) is 9.86 Å². The molecule has 2 heterocycles. The zero-order valence-electron chi connectivity index (χ0n) is 22.9. The molecule has 9 aromatic rings.